The lowest BCUT2D eigenvalue weighted by molar-refractivity contribution is -0.138. The van der Waals surface area contributed by atoms with Crippen molar-refractivity contribution in [2.24, 2.45) is 0 Å². The van der Waals surface area contributed by atoms with Crippen molar-refractivity contribution < 1.29 is 27.8 Å². The molecule has 96 valence electrons. The molecule has 2 rings (SSSR count). The summed E-state index contributed by atoms with van der Waals surface area (Å²) in [4.78, 5) is 11.4. The van der Waals surface area contributed by atoms with E-state index >= 15 is 0 Å². The second kappa shape index (κ2) is 4.36. The number of carbonyl (C=O) groups excluding carboxylic acids is 1. The molecule has 0 radical (unpaired) electrons. The molecule has 18 heavy (non-hydrogen) atoms. The minimum atomic E-state index is -4.43. The van der Waals surface area contributed by atoms with Gasteiger partial charge in [-0.25, -0.2) is 4.79 Å². The number of hydrogen-bond donors (Lipinski definition) is 1. The minimum absolute atomic E-state index is 0.0741. The second-order valence-corrected chi connectivity index (χ2v) is 3.78. The van der Waals surface area contributed by atoms with Gasteiger partial charge in [0.15, 0.2) is 0 Å². The van der Waals surface area contributed by atoms with E-state index in [0.717, 1.165) is 24.3 Å². The van der Waals surface area contributed by atoms with Crippen LogP contribution in [0.4, 0.5) is 13.2 Å². The molecule has 0 aromatic heterocycles. The number of ether oxygens (including phenoxy) is 1. The Morgan fingerprint density at radius 2 is 1.78 bits per heavy atom. The zero-order chi connectivity index (χ0) is 13.3. The number of cyclic esters (lactones) is 1. The summed E-state index contributed by atoms with van der Waals surface area (Å²) in [6.45, 7) is 0.0782. The summed E-state index contributed by atoms with van der Waals surface area (Å²) >= 11 is 0. The van der Waals surface area contributed by atoms with Gasteiger partial charge in [0.2, 0.25) is 0 Å². The first-order valence-corrected chi connectivity index (χ1v) is 5.16. The number of benzene rings is 1. The number of rotatable bonds is 1. The summed E-state index contributed by atoms with van der Waals surface area (Å²) in [6.07, 6.45) is -4.26. The smallest absolute Gasteiger partial charge is 0.416 e. The van der Waals surface area contributed by atoms with Crippen LogP contribution in [0.3, 0.4) is 0 Å². The van der Waals surface area contributed by atoms with Gasteiger partial charge in [-0.15, -0.1) is 0 Å². The van der Waals surface area contributed by atoms with Gasteiger partial charge in [-0.2, -0.15) is 13.2 Å². The van der Waals surface area contributed by atoms with Crippen LogP contribution in [0.5, 0.6) is 0 Å². The highest BCUT2D eigenvalue weighted by Gasteiger charge is 2.31. The van der Waals surface area contributed by atoms with E-state index in [0.29, 0.717) is 0 Å². The maximum Gasteiger partial charge on any atom is 0.416 e. The van der Waals surface area contributed by atoms with Crippen molar-refractivity contribution in [3.63, 3.8) is 0 Å². The summed E-state index contributed by atoms with van der Waals surface area (Å²) in [5.74, 6) is -0.885. The normalized spacial score (nSPS) is 16.7. The van der Waals surface area contributed by atoms with Crippen LogP contribution in [-0.2, 0) is 15.7 Å². The third-order valence-electron chi connectivity index (χ3n) is 2.57. The van der Waals surface area contributed by atoms with Crippen LogP contribution in [-0.4, -0.2) is 17.7 Å². The first-order valence-electron chi connectivity index (χ1n) is 5.16. The van der Waals surface area contributed by atoms with E-state index in [1.54, 1.807) is 0 Å². The molecule has 1 aromatic carbocycles. The molecule has 0 bridgehead atoms. The first-order chi connectivity index (χ1) is 8.39. The molecule has 0 saturated heterocycles. The van der Waals surface area contributed by atoms with Crippen LogP contribution in [0.25, 0.3) is 5.57 Å². The topological polar surface area (TPSA) is 46.5 Å². The highest BCUT2D eigenvalue weighted by molar-refractivity contribution is 6.17. The molecule has 0 aliphatic carbocycles. The van der Waals surface area contributed by atoms with Gasteiger partial charge >= 0.3 is 12.1 Å². The predicted octanol–water partition coefficient (Wildman–Crippen LogP) is 2.92. The predicted molar refractivity (Wildman–Crippen MR) is 56.6 cm³/mol. The summed E-state index contributed by atoms with van der Waals surface area (Å²) in [5.41, 5.74) is -0.671. The van der Waals surface area contributed by atoms with Crippen molar-refractivity contribution in [3.05, 3.63) is 41.2 Å². The van der Waals surface area contributed by atoms with E-state index in [2.05, 4.69) is 0 Å². The number of esters is 1. The summed E-state index contributed by atoms with van der Waals surface area (Å²) in [5, 5.41) is 9.58. The molecular formula is C12H9F3O3. The van der Waals surface area contributed by atoms with Crippen molar-refractivity contribution in [1.82, 2.24) is 0 Å². The number of aliphatic hydroxyl groups is 1. The SMILES string of the molecule is O=C1OCCC(O)=C1c1ccc(C(F)(F)F)cc1. The minimum Gasteiger partial charge on any atom is -0.511 e. The van der Waals surface area contributed by atoms with E-state index in [1.165, 1.54) is 0 Å². The number of alkyl halides is 3. The van der Waals surface area contributed by atoms with E-state index in [9.17, 15) is 23.1 Å². The zero-order valence-corrected chi connectivity index (χ0v) is 9.12. The Kier molecular flexibility index (Phi) is 3.02. The second-order valence-electron chi connectivity index (χ2n) is 3.78. The average Bonchev–Trinajstić information content (AvgIpc) is 2.28. The molecule has 0 unspecified atom stereocenters. The van der Waals surface area contributed by atoms with Gasteiger partial charge in [0.1, 0.15) is 11.3 Å². The third kappa shape index (κ3) is 2.32. The summed E-state index contributed by atoms with van der Waals surface area (Å²) in [7, 11) is 0. The van der Waals surface area contributed by atoms with Crippen molar-refractivity contribution in [3.8, 4) is 0 Å². The van der Waals surface area contributed by atoms with E-state index in [1.807, 2.05) is 0 Å². The molecule has 0 atom stereocenters. The standard InChI is InChI=1S/C12H9F3O3/c13-12(14,15)8-3-1-7(2-4-8)10-9(16)5-6-18-11(10)17/h1-4,16H,5-6H2. The van der Waals surface area contributed by atoms with Gasteiger partial charge < -0.3 is 9.84 Å². The van der Waals surface area contributed by atoms with E-state index in [4.69, 9.17) is 4.74 Å². The van der Waals surface area contributed by atoms with Gasteiger partial charge in [0.05, 0.1) is 12.2 Å². The summed E-state index contributed by atoms with van der Waals surface area (Å²) in [6, 6.07) is 4.00. The molecule has 1 aromatic rings. The lowest BCUT2D eigenvalue weighted by Gasteiger charge is -2.16. The molecular weight excluding hydrogens is 249 g/mol. The fraction of sp³-hybridized carbons (Fsp3) is 0.250. The molecule has 1 aliphatic heterocycles. The van der Waals surface area contributed by atoms with Gasteiger partial charge in [0, 0.05) is 6.42 Å². The third-order valence-corrected chi connectivity index (χ3v) is 2.57. The van der Waals surface area contributed by atoms with Crippen molar-refractivity contribution >= 4 is 11.5 Å². The Morgan fingerprint density at radius 3 is 2.28 bits per heavy atom. The Morgan fingerprint density at radius 1 is 1.17 bits per heavy atom. The maximum atomic E-state index is 12.4. The number of halogens is 3. The van der Waals surface area contributed by atoms with Crippen LogP contribution in [0.2, 0.25) is 0 Å². The number of aliphatic hydroxyl groups excluding tert-OH is 1. The van der Waals surface area contributed by atoms with Gasteiger partial charge in [-0.1, -0.05) is 12.1 Å². The fourth-order valence-corrected chi connectivity index (χ4v) is 1.67. The fourth-order valence-electron chi connectivity index (χ4n) is 1.67. The molecule has 0 saturated carbocycles. The zero-order valence-electron chi connectivity index (χ0n) is 9.12. The number of carbonyl (C=O) groups is 1. The molecule has 1 heterocycles. The lowest BCUT2D eigenvalue weighted by atomic mass is 10.0. The van der Waals surface area contributed by atoms with Crippen LogP contribution in [0.15, 0.2) is 30.0 Å². The van der Waals surface area contributed by atoms with Crippen LogP contribution in [0, 0.1) is 0 Å². The highest BCUT2D eigenvalue weighted by atomic mass is 19.4. The molecule has 6 heteroatoms. The Bertz CT molecular complexity index is 500. The van der Waals surface area contributed by atoms with Gasteiger partial charge in [0.25, 0.3) is 0 Å². The van der Waals surface area contributed by atoms with Crippen LogP contribution >= 0.6 is 0 Å². The molecule has 0 spiro atoms. The van der Waals surface area contributed by atoms with Crippen molar-refractivity contribution in [2.45, 2.75) is 12.6 Å². The molecule has 0 amide bonds. The van der Waals surface area contributed by atoms with E-state index < -0.39 is 17.7 Å². The van der Waals surface area contributed by atoms with Crippen LogP contribution < -0.4 is 0 Å². The Balaban J connectivity index is 2.38. The summed E-state index contributed by atoms with van der Waals surface area (Å²) < 4.78 is 41.8. The Labute approximate surface area is 100 Å². The van der Waals surface area contributed by atoms with Crippen LogP contribution in [0.1, 0.15) is 17.5 Å². The quantitative estimate of drug-likeness (QED) is 0.788. The average molecular weight is 258 g/mol. The molecule has 0 fully saturated rings. The monoisotopic (exact) mass is 258 g/mol. The molecule has 1 aliphatic rings. The Hall–Kier alpha value is -1.98. The van der Waals surface area contributed by atoms with Crippen molar-refractivity contribution in [1.29, 1.82) is 0 Å². The van der Waals surface area contributed by atoms with Crippen molar-refractivity contribution in [2.75, 3.05) is 6.61 Å². The highest BCUT2D eigenvalue weighted by Crippen LogP contribution is 2.31. The first kappa shape index (κ1) is 12.5. The van der Waals surface area contributed by atoms with Gasteiger partial charge in [-0.05, 0) is 17.7 Å². The lowest BCUT2D eigenvalue weighted by Crippen LogP contribution is -2.17. The van der Waals surface area contributed by atoms with Gasteiger partial charge in [-0.3, -0.25) is 0 Å². The maximum absolute atomic E-state index is 12.4. The largest absolute Gasteiger partial charge is 0.511 e. The molecule has 3 nitrogen and oxygen atoms in total. The number of hydrogen-bond acceptors (Lipinski definition) is 3. The molecule has 1 N–H and O–H groups in total. The van der Waals surface area contributed by atoms with E-state index in [-0.39, 0.29) is 29.9 Å².